The van der Waals surface area contributed by atoms with Crippen LogP contribution in [0.4, 0.5) is 11.4 Å². The minimum absolute atomic E-state index is 0.195. The molecule has 4 heteroatoms. The summed E-state index contributed by atoms with van der Waals surface area (Å²) in [5.74, 6) is -0.236. The van der Waals surface area contributed by atoms with Gasteiger partial charge in [0.25, 0.3) is 0 Å². The van der Waals surface area contributed by atoms with Crippen molar-refractivity contribution in [1.29, 1.82) is 0 Å². The molecule has 110 valence electrons. The van der Waals surface area contributed by atoms with Crippen LogP contribution < -0.4 is 10.6 Å². The van der Waals surface area contributed by atoms with Crippen molar-refractivity contribution in [3.8, 4) is 0 Å². The summed E-state index contributed by atoms with van der Waals surface area (Å²) in [5, 5.41) is 9.14. The Morgan fingerprint density at radius 1 is 1.30 bits per heavy atom. The number of nitrogens with zero attached hydrogens (tertiary/aromatic N) is 1. The molecule has 0 radical (unpaired) electrons. The first kappa shape index (κ1) is 14.7. The van der Waals surface area contributed by atoms with Gasteiger partial charge in [0.1, 0.15) is 0 Å². The van der Waals surface area contributed by atoms with E-state index in [1.807, 2.05) is 6.07 Å². The van der Waals surface area contributed by atoms with Crippen LogP contribution in [0.15, 0.2) is 18.2 Å². The molecular weight excluding hydrogens is 252 g/mol. The van der Waals surface area contributed by atoms with Crippen LogP contribution in [0, 0.1) is 11.3 Å². The third-order valence-electron chi connectivity index (χ3n) is 4.35. The molecule has 2 rings (SSSR count). The normalized spacial score (nSPS) is 17.2. The number of aromatic carboxylic acids is 1. The molecule has 1 aliphatic heterocycles. The van der Waals surface area contributed by atoms with Crippen molar-refractivity contribution in [1.82, 2.24) is 0 Å². The smallest absolute Gasteiger partial charge is 0.337 e. The van der Waals surface area contributed by atoms with Crippen molar-refractivity contribution in [2.24, 2.45) is 11.3 Å². The SMILES string of the molecule is CC(C)(C)C1CCN(c2ccc(N)c(C(=O)O)c2)CC1. The van der Waals surface area contributed by atoms with Crippen molar-refractivity contribution >= 4 is 17.3 Å². The van der Waals surface area contributed by atoms with Crippen LogP contribution in [-0.4, -0.2) is 24.2 Å². The highest BCUT2D eigenvalue weighted by Crippen LogP contribution is 2.35. The Morgan fingerprint density at radius 3 is 2.40 bits per heavy atom. The van der Waals surface area contributed by atoms with Crippen LogP contribution in [0.2, 0.25) is 0 Å². The van der Waals surface area contributed by atoms with E-state index in [0.717, 1.165) is 37.5 Å². The van der Waals surface area contributed by atoms with Crippen LogP contribution in [0.25, 0.3) is 0 Å². The van der Waals surface area contributed by atoms with Crippen LogP contribution in [0.3, 0.4) is 0 Å². The second-order valence-electron chi connectivity index (χ2n) is 6.70. The lowest BCUT2D eigenvalue weighted by Crippen LogP contribution is -2.38. The number of carbonyl (C=O) groups is 1. The molecule has 0 saturated carbocycles. The van der Waals surface area contributed by atoms with Crippen molar-refractivity contribution < 1.29 is 9.90 Å². The minimum Gasteiger partial charge on any atom is -0.478 e. The van der Waals surface area contributed by atoms with Gasteiger partial charge in [-0.15, -0.1) is 0 Å². The van der Waals surface area contributed by atoms with Crippen molar-refractivity contribution in [3.63, 3.8) is 0 Å². The molecule has 0 aromatic heterocycles. The van der Waals surface area contributed by atoms with Gasteiger partial charge in [-0.3, -0.25) is 0 Å². The lowest BCUT2D eigenvalue weighted by Gasteiger charge is -2.39. The van der Waals surface area contributed by atoms with Crippen LogP contribution in [-0.2, 0) is 0 Å². The predicted molar refractivity (Wildman–Crippen MR) is 82.2 cm³/mol. The molecule has 0 aliphatic carbocycles. The molecule has 20 heavy (non-hydrogen) atoms. The van der Waals surface area contributed by atoms with E-state index in [9.17, 15) is 4.79 Å². The summed E-state index contributed by atoms with van der Waals surface area (Å²) in [6, 6.07) is 5.29. The maximum atomic E-state index is 11.1. The summed E-state index contributed by atoms with van der Waals surface area (Å²) in [6.45, 7) is 8.83. The molecule has 3 N–H and O–H groups in total. The summed E-state index contributed by atoms with van der Waals surface area (Å²) >= 11 is 0. The van der Waals surface area contributed by atoms with Gasteiger partial charge in [0.15, 0.2) is 0 Å². The van der Waals surface area contributed by atoms with E-state index in [1.54, 1.807) is 12.1 Å². The Hall–Kier alpha value is -1.71. The van der Waals surface area contributed by atoms with Crippen LogP contribution in [0.1, 0.15) is 44.0 Å². The number of rotatable bonds is 2. The van der Waals surface area contributed by atoms with Crippen LogP contribution in [0.5, 0.6) is 0 Å². The molecule has 4 nitrogen and oxygen atoms in total. The lowest BCUT2D eigenvalue weighted by atomic mass is 9.75. The van der Waals surface area contributed by atoms with Gasteiger partial charge in [-0.2, -0.15) is 0 Å². The molecule has 0 amide bonds. The van der Waals surface area contributed by atoms with Crippen molar-refractivity contribution in [2.45, 2.75) is 33.6 Å². The fourth-order valence-electron chi connectivity index (χ4n) is 2.93. The number of anilines is 2. The molecule has 0 spiro atoms. The van der Waals surface area contributed by atoms with Gasteiger partial charge in [0.05, 0.1) is 5.56 Å². The van der Waals surface area contributed by atoms with Gasteiger partial charge in [-0.25, -0.2) is 4.79 Å². The molecule has 1 aromatic rings. The molecule has 0 unspecified atom stereocenters. The monoisotopic (exact) mass is 276 g/mol. The second kappa shape index (κ2) is 5.35. The largest absolute Gasteiger partial charge is 0.478 e. The number of piperidine rings is 1. The molecule has 1 heterocycles. The summed E-state index contributed by atoms with van der Waals surface area (Å²) < 4.78 is 0. The van der Waals surface area contributed by atoms with Crippen LogP contribution >= 0.6 is 0 Å². The summed E-state index contributed by atoms with van der Waals surface area (Å²) in [7, 11) is 0. The fourth-order valence-corrected chi connectivity index (χ4v) is 2.93. The Bertz CT molecular complexity index is 498. The highest BCUT2D eigenvalue weighted by atomic mass is 16.4. The standard InChI is InChI=1S/C16H24N2O2/c1-16(2,3)11-6-8-18(9-7-11)12-4-5-14(17)13(10-12)15(19)20/h4-5,10-11H,6-9,17H2,1-3H3,(H,19,20). The Kier molecular flexibility index (Phi) is 3.93. The van der Waals surface area contributed by atoms with E-state index >= 15 is 0 Å². The maximum absolute atomic E-state index is 11.1. The number of carboxylic acid groups (broad SMARTS) is 1. The number of nitrogens with two attached hydrogens (primary N) is 1. The summed E-state index contributed by atoms with van der Waals surface area (Å²) in [5.41, 5.74) is 7.53. The van der Waals surface area contributed by atoms with Crippen molar-refractivity contribution in [3.05, 3.63) is 23.8 Å². The topological polar surface area (TPSA) is 66.6 Å². The summed E-state index contributed by atoms with van der Waals surface area (Å²) in [4.78, 5) is 13.4. The van der Waals surface area contributed by atoms with Gasteiger partial charge < -0.3 is 15.7 Å². The zero-order valence-electron chi connectivity index (χ0n) is 12.5. The molecule has 1 aromatic carbocycles. The summed E-state index contributed by atoms with van der Waals surface area (Å²) in [6.07, 6.45) is 2.30. The number of hydrogen-bond donors (Lipinski definition) is 2. The van der Waals surface area contributed by atoms with E-state index < -0.39 is 5.97 Å². The third kappa shape index (κ3) is 3.06. The van der Waals surface area contributed by atoms with Crippen molar-refractivity contribution in [2.75, 3.05) is 23.7 Å². The van der Waals surface area contributed by atoms with Gasteiger partial charge in [0, 0.05) is 24.5 Å². The van der Waals surface area contributed by atoms with E-state index in [4.69, 9.17) is 10.8 Å². The van der Waals surface area contributed by atoms with Gasteiger partial charge in [0.2, 0.25) is 0 Å². The highest BCUT2D eigenvalue weighted by molar-refractivity contribution is 5.94. The Morgan fingerprint density at radius 2 is 1.90 bits per heavy atom. The number of nitrogen functional groups attached to an aromatic ring is 1. The first-order valence-electron chi connectivity index (χ1n) is 7.17. The molecule has 1 fully saturated rings. The van der Waals surface area contributed by atoms with Gasteiger partial charge in [-0.1, -0.05) is 20.8 Å². The highest BCUT2D eigenvalue weighted by Gasteiger charge is 2.29. The quantitative estimate of drug-likeness (QED) is 0.814. The molecule has 0 atom stereocenters. The van der Waals surface area contributed by atoms with E-state index in [-0.39, 0.29) is 5.56 Å². The average molecular weight is 276 g/mol. The molecular formula is C16H24N2O2. The third-order valence-corrected chi connectivity index (χ3v) is 4.35. The zero-order valence-corrected chi connectivity index (χ0v) is 12.5. The first-order valence-corrected chi connectivity index (χ1v) is 7.17. The average Bonchev–Trinajstić information content (AvgIpc) is 2.38. The lowest BCUT2D eigenvalue weighted by molar-refractivity contribution is 0.0698. The van der Waals surface area contributed by atoms with E-state index in [2.05, 4.69) is 25.7 Å². The Labute approximate surface area is 120 Å². The number of carboxylic acids is 1. The first-order chi connectivity index (χ1) is 9.29. The molecule has 1 aliphatic rings. The van der Waals surface area contributed by atoms with Gasteiger partial charge >= 0.3 is 5.97 Å². The second-order valence-corrected chi connectivity index (χ2v) is 6.70. The predicted octanol–water partition coefficient (Wildman–Crippen LogP) is 3.23. The minimum atomic E-state index is -0.964. The number of hydrogen-bond acceptors (Lipinski definition) is 3. The van der Waals surface area contributed by atoms with Gasteiger partial charge in [-0.05, 0) is 42.4 Å². The number of benzene rings is 1. The van der Waals surface area contributed by atoms with E-state index in [0.29, 0.717) is 11.1 Å². The zero-order chi connectivity index (χ0) is 14.9. The van der Waals surface area contributed by atoms with E-state index in [1.165, 1.54) is 0 Å². The molecule has 1 saturated heterocycles. The fraction of sp³-hybridized carbons (Fsp3) is 0.562. The maximum Gasteiger partial charge on any atom is 0.337 e. The molecule has 0 bridgehead atoms. The Balaban J connectivity index is 2.11.